The summed E-state index contributed by atoms with van der Waals surface area (Å²) in [5, 5.41) is 14.0. The molecule has 0 bridgehead atoms. The second kappa shape index (κ2) is 46.1. The Balaban J connectivity index is -0.0000000686. The van der Waals surface area contributed by atoms with Crippen LogP contribution >= 0.6 is 0 Å². The maximum atomic E-state index is 7.00. The lowest BCUT2D eigenvalue weighted by Crippen LogP contribution is -1.66. The second-order valence-corrected chi connectivity index (χ2v) is 3.41. The minimum absolute atomic E-state index is 1.00. The molecule has 0 heterocycles. The molecule has 0 radical (unpaired) electrons. The van der Waals surface area contributed by atoms with Crippen LogP contribution < -0.4 is 0 Å². The van der Waals surface area contributed by atoms with Crippen molar-refractivity contribution in [3.05, 3.63) is 0 Å². The molecule has 0 rings (SSSR count). The molecule has 104 valence electrons. The molecule has 0 fully saturated rings. The zero-order valence-corrected chi connectivity index (χ0v) is 12.6. The van der Waals surface area contributed by atoms with Gasteiger partial charge in [0.25, 0.3) is 0 Å². The summed E-state index contributed by atoms with van der Waals surface area (Å²) in [4.78, 5) is 0. The molecular formula is C14H36O2. The van der Waals surface area contributed by atoms with Gasteiger partial charge in [-0.15, -0.1) is 0 Å². The van der Waals surface area contributed by atoms with Crippen molar-refractivity contribution in [1.82, 2.24) is 0 Å². The van der Waals surface area contributed by atoms with Gasteiger partial charge in [0.15, 0.2) is 0 Å². The van der Waals surface area contributed by atoms with Crippen molar-refractivity contribution in [3.63, 3.8) is 0 Å². The van der Waals surface area contributed by atoms with Crippen LogP contribution in [0.2, 0.25) is 0 Å². The number of aliphatic hydroxyl groups excluding tert-OH is 2. The van der Waals surface area contributed by atoms with Crippen LogP contribution in [0.1, 0.15) is 79.1 Å². The highest BCUT2D eigenvalue weighted by Crippen LogP contribution is 1.95. The summed E-state index contributed by atoms with van der Waals surface area (Å²) in [5.41, 5.74) is 0. The van der Waals surface area contributed by atoms with E-state index in [0.717, 1.165) is 14.2 Å². The number of hydrogen-bond donors (Lipinski definition) is 2. The molecule has 2 nitrogen and oxygen atoms in total. The van der Waals surface area contributed by atoms with E-state index in [4.69, 9.17) is 10.2 Å². The van der Waals surface area contributed by atoms with Crippen molar-refractivity contribution in [2.24, 2.45) is 0 Å². The van der Waals surface area contributed by atoms with Gasteiger partial charge in [-0.3, -0.25) is 0 Å². The topological polar surface area (TPSA) is 40.5 Å². The molecule has 2 heteroatoms. The number of aliphatic hydroxyl groups is 2. The minimum Gasteiger partial charge on any atom is -0.400 e. The Kier molecular flexibility index (Phi) is 71.8. The number of hydrogen-bond acceptors (Lipinski definition) is 2. The second-order valence-electron chi connectivity index (χ2n) is 3.41. The third-order valence-electron chi connectivity index (χ3n) is 1.91. The van der Waals surface area contributed by atoms with Crippen LogP contribution in [0.3, 0.4) is 0 Å². The van der Waals surface area contributed by atoms with E-state index in [1.165, 1.54) is 51.4 Å². The van der Waals surface area contributed by atoms with E-state index in [1.807, 2.05) is 0 Å². The lowest BCUT2D eigenvalue weighted by atomic mass is 10.2. The molecule has 0 aliphatic rings. The van der Waals surface area contributed by atoms with Gasteiger partial charge in [-0.1, -0.05) is 79.1 Å². The maximum absolute atomic E-state index is 7.00. The minimum atomic E-state index is 1.00. The van der Waals surface area contributed by atoms with Gasteiger partial charge in [-0.05, 0) is 0 Å². The fourth-order valence-corrected chi connectivity index (χ4v) is 1.000. The number of rotatable bonds is 6. The highest BCUT2D eigenvalue weighted by molar-refractivity contribution is 4.31. The van der Waals surface area contributed by atoms with Gasteiger partial charge in [0.05, 0.1) is 0 Å². The number of unbranched alkanes of at least 4 members (excludes halogenated alkanes) is 6. The smallest absolute Gasteiger partial charge is 0.0319 e. The van der Waals surface area contributed by atoms with E-state index in [2.05, 4.69) is 27.7 Å². The van der Waals surface area contributed by atoms with Crippen molar-refractivity contribution in [2.75, 3.05) is 14.2 Å². The van der Waals surface area contributed by atoms with Crippen molar-refractivity contribution >= 4 is 0 Å². The van der Waals surface area contributed by atoms with Crippen molar-refractivity contribution in [2.45, 2.75) is 79.1 Å². The lowest BCUT2D eigenvalue weighted by molar-refractivity contribution is 0.399. The van der Waals surface area contributed by atoms with Gasteiger partial charge in [-0.2, -0.15) is 0 Å². The fraction of sp³-hybridized carbons (Fsp3) is 1.00. The Morgan fingerprint density at radius 2 is 0.562 bits per heavy atom. The molecule has 0 spiro atoms. The highest BCUT2D eigenvalue weighted by Gasteiger charge is 1.75. The van der Waals surface area contributed by atoms with E-state index in [9.17, 15) is 0 Å². The van der Waals surface area contributed by atoms with E-state index in [-0.39, 0.29) is 0 Å². The molecule has 0 aromatic rings. The van der Waals surface area contributed by atoms with Crippen LogP contribution in [0, 0.1) is 0 Å². The summed E-state index contributed by atoms with van der Waals surface area (Å²) in [5.74, 6) is 0. The fourth-order valence-electron chi connectivity index (χ4n) is 1.000. The van der Waals surface area contributed by atoms with Crippen molar-refractivity contribution in [3.8, 4) is 0 Å². The molecule has 0 aliphatic carbocycles. The summed E-state index contributed by atoms with van der Waals surface area (Å²) < 4.78 is 0. The molecule has 0 unspecified atom stereocenters. The maximum Gasteiger partial charge on any atom is 0.0319 e. The molecule has 2 N–H and O–H groups in total. The molecule has 0 aromatic carbocycles. The van der Waals surface area contributed by atoms with Gasteiger partial charge >= 0.3 is 0 Å². The van der Waals surface area contributed by atoms with Gasteiger partial charge in [0.1, 0.15) is 0 Å². The van der Waals surface area contributed by atoms with Crippen molar-refractivity contribution < 1.29 is 10.2 Å². The Bertz CT molecular complexity index is 40.7. The molecular weight excluding hydrogens is 200 g/mol. The van der Waals surface area contributed by atoms with E-state index < -0.39 is 0 Å². The average Bonchev–Trinajstić information content (AvgIpc) is 2.39. The summed E-state index contributed by atoms with van der Waals surface area (Å²) in [6.45, 7) is 8.93. The zero-order chi connectivity index (χ0) is 13.7. The average molecular weight is 236 g/mol. The Morgan fingerprint density at radius 3 is 0.625 bits per heavy atom. The summed E-state index contributed by atoms with van der Waals surface area (Å²) in [6.07, 6.45) is 11.1. The SMILES string of the molecule is CCCCCC.CCCCCC.CO.CO. The zero-order valence-electron chi connectivity index (χ0n) is 12.6. The summed E-state index contributed by atoms with van der Waals surface area (Å²) in [6, 6.07) is 0. The molecule has 0 atom stereocenters. The van der Waals surface area contributed by atoms with Crippen LogP contribution in [0.4, 0.5) is 0 Å². The quantitative estimate of drug-likeness (QED) is 0.671. The van der Waals surface area contributed by atoms with Gasteiger partial charge in [-0.25, -0.2) is 0 Å². The Labute approximate surface area is 104 Å². The highest BCUT2D eigenvalue weighted by atomic mass is 16.2. The van der Waals surface area contributed by atoms with E-state index >= 15 is 0 Å². The van der Waals surface area contributed by atoms with Crippen LogP contribution in [0.5, 0.6) is 0 Å². The van der Waals surface area contributed by atoms with E-state index in [1.54, 1.807) is 0 Å². The van der Waals surface area contributed by atoms with Crippen LogP contribution in [0.15, 0.2) is 0 Å². The Hall–Kier alpha value is -0.0800. The molecule has 0 aliphatic heterocycles. The summed E-state index contributed by atoms with van der Waals surface area (Å²) >= 11 is 0. The third-order valence-corrected chi connectivity index (χ3v) is 1.91. The van der Waals surface area contributed by atoms with Crippen molar-refractivity contribution in [1.29, 1.82) is 0 Å². The first-order valence-corrected chi connectivity index (χ1v) is 6.72. The lowest BCUT2D eigenvalue weighted by Gasteiger charge is -1.86. The third kappa shape index (κ3) is 66.3. The van der Waals surface area contributed by atoms with Crippen LogP contribution in [-0.4, -0.2) is 24.4 Å². The van der Waals surface area contributed by atoms with Crippen LogP contribution in [-0.2, 0) is 0 Å². The Morgan fingerprint density at radius 1 is 0.438 bits per heavy atom. The predicted molar refractivity (Wildman–Crippen MR) is 75.9 cm³/mol. The van der Waals surface area contributed by atoms with Gasteiger partial charge < -0.3 is 10.2 Å². The summed E-state index contributed by atoms with van der Waals surface area (Å²) in [7, 11) is 2.00. The molecule has 0 aromatic heterocycles. The van der Waals surface area contributed by atoms with Gasteiger partial charge in [0.2, 0.25) is 0 Å². The monoisotopic (exact) mass is 236 g/mol. The largest absolute Gasteiger partial charge is 0.400 e. The van der Waals surface area contributed by atoms with E-state index in [0.29, 0.717) is 0 Å². The first-order valence-electron chi connectivity index (χ1n) is 6.72. The predicted octanol–water partition coefficient (Wildman–Crippen LogP) is 4.39. The first-order chi connectivity index (χ1) is 7.83. The molecule has 0 saturated heterocycles. The molecule has 0 saturated carbocycles. The molecule has 16 heavy (non-hydrogen) atoms. The standard InChI is InChI=1S/2C6H14.2CH4O/c2*1-3-5-6-4-2;2*1-2/h2*3-6H2,1-2H3;2*2H,1H3. The molecule has 0 amide bonds. The first kappa shape index (κ1) is 24.9. The van der Waals surface area contributed by atoms with Crippen LogP contribution in [0.25, 0.3) is 0 Å². The van der Waals surface area contributed by atoms with Gasteiger partial charge in [0, 0.05) is 14.2 Å². The normalized spacial score (nSPS) is 7.50.